The van der Waals surface area contributed by atoms with Gasteiger partial charge in [-0.1, -0.05) is 119 Å². The number of piperidine rings is 1. The summed E-state index contributed by atoms with van der Waals surface area (Å²) in [6.45, 7) is 37.1. The second-order valence-electron chi connectivity index (χ2n) is 15.5. The van der Waals surface area contributed by atoms with Crippen molar-refractivity contribution in [2.75, 3.05) is 13.1 Å². The third kappa shape index (κ3) is 9.25. The molecule has 0 aromatic heterocycles. The van der Waals surface area contributed by atoms with Crippen LogP contribution >= 0.6 is 0 Å². The molecule has 0 bridgehead atoms. The Bertz CT molecular complexity index is 1080. The third-order valence-electron chi connectivity index (χ3n) is 11.6. The number of hydrogen-bond acceptors (Lipinski definition) is 6. The van der Waals surface area contributed by atoms with Crippen molar-refractivity contribution in [3.8, 4) is 0 Å². The summed E-state index contributed by atoms with van der Waals surface area (Å²) < 4.78 is 0. The molecule has 0 aromatic rings. The van der Waals surface area contributed by atoms with Gasteiger partial charge in [0.25, 0.3) is 0 Å². The van der Waals surface area contributed by atoms with Crippen molar-refractivity contribution >= 4 is 5.78 Å². The Hall–Kier alpha value is -2.63. The summed E-state index contributed by atoms with van der Waals surface area (Å²) in [6.07, 6.45) is 16.4. The van der Waals surface area contributed by atoms with Crippen molar-refractivity contribution < 1.29 is 4.79 Å². The number of hydrogen-bond donors (Lipinski definition) is 4. The molecule has 1 aliphatic heterocycles. The van der Waals surface area contributed by atoms with Crippen LogP contribution in [-0.4, -0.2) is 47.9 Å². The van der Waals surface area contributed by atoms with E-state index in [4.69, 9.17) is 6.58 Å². The van der Waals surface area contributed by atoms with E-state index in [0.717, 1.165) is 63.0 Å². The Kier molecular flexibility index (Phi) is 14.0. The van der Waals surface area contributed by atoms with Crippen LogP contribution in [0.3, 0.4) is 0 Å². The highest BCUT2D eigenvalue weighted by atomic mass is 16.1. The maximum atomic E-state index is 13.5. The van der Waals surface area contributed by atoms with Gasteiger partial charge in [0.2, 0.25) is 0 Å². The van der Waals surface area contributed by atoms with Gasteiger partial charge in [-0.2, -0.15) is 0 Å². The molecule has 3 aliphatic rings. The van der Waals surface area contributed by atoms with Crippen molar-refractivity contribution in [2.24, 2.45) is 22.7 Å². The van der Waals surface area contributed by atoms with Crippen molar-refractivity contribution in [3.63, 3.8) is 0 Å². The van der Waals surface area contributed by atoms with Gasteiger partial charge < -0.3 is 26.2 Å². The largest absolute Gasteiger partial charge is 0.379 e. The van der Waals surface area contributed by atoms with E-state index >= 15 is 0 Å². The van der Waals surface area contributed by atoms with Crippen LogP contribution < -0.4 is 21.3 Å². The Morgan fingerprint density at radius 1 is 0.935 bits per heavy atom. The fourth-order valence-corrected chi connectivity index (χ4v) is 8.43. The summed E-state index contributed by atoms with van der Waals surface area (Å²) in [7, 11) is 0. The van der Waals surface area contributed by atoms with Crippen LogP contribution in [0, 0.1) is 22.7 Å². The second kappa shape index (κ2) is 17.0. The lowest BCUT2D eigenvalue weighted by atomic mass is 9.74. The molecule has 0 aromatic carbocycles. The Morgan fingerprint density at radius 3 is 2.20 bits per heavy atom. The van der Waals surface area contributed by atoms with Crippen LogP contribution in [0.5, 0.6) is 0 Å². The molecule has 260 valence electrons. The quantitative estimate of drug-likeness (QED) is 0.0545. The normalized spacial score (nSPS) is 24.7. The molecule has 0 spiro atoms. The van der Waals surface area contributed by atoms with E-state index in [1.165, 1.54) is 44.2 Å². The molecule has 2 aliphatic carbocycles. The van der Waals surface area contributed by atoms with Crippen LogP contribution in [0.1, 0.15) is 125 Å². The van der Waals surface area contributed by atoms with Crippen LogP contribution in [-0.2, 0) is 4.79 Å². The zero-order chi connectivity index (χ0) is 34.1. The lowest BCUT2D eigenvalue weighted by Crippen LogP contribution is -2.49. The second-order valence-corrected chi connectivity index (χ2v) is 15.5. The van der Waals surface area contributed by atoms with Crippen molar-refractivity contribution in [1.82, 2.24) is 26.2 Å². The van der Waals surface area contributed by atoms with Gasteiger partial charge in [0.15, 0.2) is 5.78 Å². The number of rotatable bonds is 22. The lowest BCUT2D eigenvalue weighted by Gasteiger charge is -2.43. The fourth-order valence-electron chi connectivity index (χ4n) is 8.43. The first-order chi connectivity index (χ1) is 21.8. The Morgan fingerprint density at radius 2 is 1.61 bits per heavy atom. The third-order valence-corrected chi connectivity index (χ3v) is 11.6. The number of fused-ring (bicyclic) bond motifs is 1. The molecule has 6 heteroatoms. The fraction of sp³-hybridized carbons (Fsp3) is 0.725. The minimum Gasteiger partial charge on any atom is -0.379 e. The molecule has 6 atom stereocenters. The zero-order valence-corrected chi connectivity index (χ0v) is 30.5. The summed E-state index contributed by atoms with van der Waals surface area (Å²) >= 11 is 0. The van der Waals surface area contributed by atoms with Gasteiger partial charge >= 0.3 is 0 Å². The number of nitrogens with zero attached hydrogens (tertiary/aromatic N) is 1. The van der Waals surface area contributed by atoms with Gasteiger partial charge in [-0.15, -0.1) is 6.58 Å². The van der Waals surface area contributed by atoms with E-state index in [0.29, 0.717) is 30.1 Å². The van der Waals surface area contributed by atoms with Gasteiger partial charge in [0, 0.05) is 43.0 Å². The summed E-state index contributed by atoms with van der Waals surface area (Å²) in [4.78, 5) is 16.0. The van der Waals surface area contributed by atoms with Crippen molar-refractivity contribution in [3.05, 3.63) is 61.9 Å². The summed E-state index contributed by atoms with van der Waals surface area (Å²) in [5.41, 5.74) is 2.95. The number of carbonyl (C=O) groups excluding carboxylic acids is 1. The highest BCUT2D eigenvalue weighted by Crippen LogP contribution is 2.66. The first-order valence-corrected chi connectivity index (χ1v) is 18.5. The minimum atomic E-state index is -0.350. The molecular weight excluding hydrogens is 566 g/mol. The number of carbonyl (C=O) groups is 1. The standard InChI is InChI=1S/C40H69N5O/c1-12-16-22-34(38(46)30(7)41-25-14-3)42-29(6)37-36-33(39(36,9)10)27-45(37)28(5)26-35(40(11)23-19-17-18-20-24-40)44-31(8)43-32(15-4)21-13-2/h14,32-37,41-44H,3,5-8,12-13,15-27H2,1-2,4,9-11H3. The van der Waals surface area contributed by atoms with Crippen molar-refractivity contribution in [2.45, 2.75) is 149 Å². The highest BCUT2D eigenvalue weighted by Gasteiger charge is 2.67. The van der Waals surface area contributed by atoms with E-state index in [1.54, 1.807) is 6.08 Å². The SMILES string of the molecule is C=CCNC(=C)C(=O)C(CCCC)NC(=C)C1C2C(CN1C(=C)CC(NC(=C)NC(CC)CCC)C1(C)CCCCCC1)C2(C)C. The molecular formula is C40H69N5O. The average molecular weight is 636 g/mol. The molecule has 3 rings (SSSR count). The van der Waals surface area contributed by atoms with Crippen LogP contribution in [0.2, 0.25) is 0 Å². The zero-order valence-electron chi connectivity index (χ0n) is 30.5. The van der Waals surface area contributed by atoms with Crippen LogP contribution in [0.15, 0.2) is 61.9 Å². The lowest BCUT2D eigenvalue weighted by molar-refractivity contribution is -0.117. The van der Waals surface area contributed by atoms with E-state index in [1.807, 2.05) is 0 Å². The molecule has 3 fully saturated rings. The number of Topliss-reactive ketones (excluding diaryl/α,β-unsaturated/α-hetero) is 1. The molecule has 6 nitrogen and oxygen atoms in total. The molecule has 2 saturated carbocycles. The van der Waals surface area contributed by atoms with E-state index in [2.05, 4.69) is 94.0 Å². The van der Waals surface area contributed by atoms with Gasteiger partial charge in [-0.25, -0.2) is 0 Å². The first kappa shape index (κ1) is 37.8. The van der Waals surface area contributed by atoms with Crippen LogP contribution in [0.4, 0.5) is 0 Å². The number of likely N-dealkylation sites (tertiary alicyclic amines) is 1. The van der Waals surface area contributed by atoms with Crippen molar-refractivity contribution in [1.29, 1.82) is 0 Å². The van der Waals surface area contributed by atoms with E-state index in [-0.39, 0.29) is 34.7 Å². The predicted molar refractivity (Wildman–Crippen MR) is 197 cm³/mol. The van der Waals surface area contributed by atoms with Gasteiger partial charge in [0.1, 0.15) is 0 Å². The molecule has 0 amide bonds. The van der Waals surface area contributed by atoms with E-state index in [9.17, 15) is 4.79 Å². The maximum absolute atomic E-state index is 13.5. The number of nitrogens with one attached hydrogen (secondary N) is 4. The summed E-state index contributed by atoms with van der Waals surface area (Å²) in [6, 6.07) is 0.435. The number of unbranched alkanes of at least 4 members (excludes halogenated alkanes) is 1. The molecule has 46 heavy (non-hydrogen) atoms. The van der Waals surface area contributed by atoms with Gasteiger partial charge in [0.05, 0.1) is 23.6 Å². The predicted octanol–water partition coefficient (Wildman–Crippen LogP) is 8.33. The molecule has 0 radical (unpaired) electrons. The summed E-state index contributed by atoms with van der Waals surface area (Å²) in [5.74, 6) is 2.04. The van der Waals surface area contributed by atoms with E-state index < -0.39 is 0 Å². The van der Waals surface area contributed by atoms with Crippen LogP contribution in [0.25, 0.3) is 0 Å². The molecule has 6 unspecified atom stereocenters. The minimum absolute atomic E-state index is 0.0106. The highest BCUT2D eigenvalue weighted by molar-refractivity contribution is 5.98. The Labute approximate surface area is 283 Å². The molecule has 4 N–H and O–H groups in total. The van der Waals surface area contributed by atoms with Gasteiger partial charge in [-0.3, -0.25) is 4.79 Å². The maximum Gasteiger partial charge on any atom is 0.200 e. The molecule has 1 heterocycles. The smallest absolute Gasteiger partial charge is 0.200 e. The molecule has 1 saturated heterocycles. The van der Waals surface area contributed by atoms with Gasteiger partial charge in [-0.05, 0) is 54.8 Å². The topological polar surface area (TPSA) is 68.4 Å². The Balaban J connectivity index is 1.82. The number of ketones is 1. The average Bonchev–Trinajstić information content (AvgIpc) is 3.39. The monoisotopic (exact) mass is 636 g/mol. The summed E-state index contributed by atoms with van der Waals surface area (Å²) in [5, 5.41) is 14.4. The first-order valence-electron chi connectivity index (χ1n) is 18.5.